The van der Waals surface area contributed by atoms with E-state index < -0.39 is 10.0 Å². The summed E-state index contributed by atoms with van der Waals surface area (Å²) >= 11 is 0. The van der Waals surface area contributed by atoms with E-state index in [1.165, 1.54) is 25.7 Å². The van der Waals surface area contributed by atoms with Crippen molar-refractivity contribution in [2.24, 2.45) is 23.5 Å². The molecule has 5 heteroatoms. The van der Waals surface area contributed by atoms with Gasteiger partial charge in [-0.15, -0.1) is 0 Å². The average Bonchev–Trinajstić information content (AvgIpc) is 2.84. The molecule has 0 spiro atoms. The largest absolute Gasteiger partial charge is 0.330 e. The Balaban J connectivity index is 1.77. The molecule has 112 valence electrons. The summed E-state index contributed by atoms with van der Waals surface area (Å²) < 4.78 is 27.0. The number of sulfonamides is 1. The number of nitrogens with two attached hydrogens (primary N) is 1. The number of hydrogen-bond acceptors (Lipinski definition) is 3. The van der Waals surface area contributed by atoms with Crippen LogP contribution in [0, 0.1) is 17.8 Å². The summed E-state index contributed by atoms with van der Waals surface area (Å²) in [6.07, 6.45) is 9.28. The van der Waals surface area contributed by atoms with Gasteiger partial charge in [-0.05, 0) is 50.0 Å². The van der Waals surface area contributed by atoms with Crippen LogP contribution in [-0.2, 0) is 10.0 Å². The number of nitrogens with one attached hydrogen (secondary N) is 1. The third kappa shape index (κ3) is 4.72. The molecule has 0 aromatic rings. The number of rotatable bonds is 6. The van der Waals surface area contributed by atoms with Gasteiger partial charge in [0, 0.05) is 6.54 Å². The molecule has 0 saturated heterocycles. The molecule has 0 bridgehead atoms. The number of hydrogen-bond donors (Lipinski definition) is 2. The average molecular weight is 288 g/mol. The van der Waals surface area contributed by atoms with E-state index in [1.807, 2.05) is 0 Å². The zero-order valence-corrected chi connectivity index (χ0v) is 12.6. The molecule has 0 aromatic heterocycles. The fourth-order valence-corrected chi connectivity index (χ4v) is 5.19. The molecule has 0 radical (unpaired) electrons. The first-order chi connectivity index (χ1) is 9.11. The van der Waals surface area contributed by atoms with Crippen molar-refractivity contribution in [3.8, 4) is 0 Å². The molecule has 0 aliphatic heterocycles. The van der Waals surface area contributed by atoms with Crippen LogP contribution < -0.4 is 10.5 Å². The van der Waals surface area contributed by atoms with Gasteiger partial charge in [-0.25, -0.2) is 13.1 Å². The minimum Gasteiger partial charge on any atom is -0.330 e. The highest BCUT2D eigenvalue weighted by molar-refractivity contribution is 7.89. The molecule has 2 fully saturated rings. The van der Waals surface area contributed by atoms with E-state index in [1.54, 1.807) is 0 Å². The third-order valence-electron chi connectivity index (χ3n) is 4.86. The second kappa shape index (κ2) is 7.04. The van der Waals surface area contributed by atoms with Crippen molar-refractivity contribution in [1.29, 1.82) is 0 Å². The lowest BCUT2D eigenvalue weighted by Crippen LogP contribution is -2.36. The standard InChI is InChI=1S/C14H28N2O2S/c15-9-13-7-4-8-14(13)10-16-19(17,18)11-12-5-2-1-3-6-12/h12-14,16H,1-11,15H2. The molecular weight excluding hydrogens is 260 g/mol. The van der Waals surface area contributed by atoms with Crippen LogP contribution in [0.1, 0.15) is 51.4 Å². The van der Waals surface area contributed by atoms with Gasteiger partial charge in [0.05, 0.1) is 5.75 Å². The van der Waals surface area contributed by atoms with Crippen LogP contribution in [0.2, 0.25) is 0 Å². The van der Waals surface area contributed by atoms with Crippen LogP contribution in [0.5, 0.6) is 0 Å². The first-order valence-electron chi connectivity index (χ1n) is 7.78. The van der Waals surface area contributed by atoms with E-state index in [2.05, 4.69) is 4.72 Å². The Bertz CT molecular complexity index is 364. The van der Waals surface area contributed by atoms with E-state index in [-0.39, 0.29) is 0 Å². The maximum absolute atomic E-state index is 12.1. The van der Waals surface area contributed by atoms with E-state index in [0.717, 1.165) is 25.7 Å². The Kier molecular flexibility index (Phi) is 5.66. The van der Waals surface area contributed by atoms with Crippen LogP contribution in [0.4, 0.5) is 0 Å². The molecule has 0 heterocycles. The van der Waals surface area contributed by atoms with E-state index in [0.29, 0.717) is 36.6 Å². The Hall–Kier alpha value is -0.130. The SMILES string of the molecule is NCC1CCCC1CNS(=O)(=O)CC1CCCCC1. The minimum atomic E-state index is -3.09. The summed E-state index contributed by atoms with van der Waals surface area (Å²) in [4.78, 5) is 0. The predicted octanol–water partition coefficient (Wildman–Crippen LogP) is 1.86. The Morgan fingerprint density at radius 1 is 0.947 bits per heavy atom. The van der Waals surface area contributed by atoms with Gasteiger partial charge in [-0.2, -0.15) is 0 Å². The van der Waals surface area contributed by atoms with Gasteiger partial charge in [0.1, 0.15) is 0 Å². The zero-order chi connectivity index (χ0) is 13.7. The van der Waals surface area contributed by atoms with Crippen LogP contribution >= 0.6 is 0 Å². The van der Waals surface area contributed by atoms with Crippen LogP contribution in [0.25, 0.3) is 0 Å². The summed E-state index contributed by atoms with van der Waals surface area (Å²) in [5.74, 6) is 1.66. The van der Waals surface area contributed by atoms with Crippen molar-refractivity contribution in [2.45, 2.75) is 51.4 Å². The van der Waals surface area contributed by atoms with Crippen molar-refractivity contribution in [2.75, 3.05) is 18.8 Å². The summed E-state index contributed by atoms with van der Waals surface area (Å²) in [6, 6.07) is 0. The second-order valence-electron chi connectivity index (χ2n) is 6.32. The minimum absolute atomic E-state index is 0.326. The third-order valence-corrected chi connectivity index (χ3v) is 6.38. The maximum atomic E-state index is 12.1. The molecule has 2 rings (SSSR count). The quantitative estimate of drug-likeness (QED) is 0.783. The van der Waals surface area contributed by atoms with Gasteiger partial charge in [0.15, 0.2) is 0 Å². The van der Waals surface area contributed by atoms with Gasteiger partial charge in [0.25, 0.3) is 0 Å². The summed E-state index contributed by atoms with van der Waals surface area (Å²) in [5.41, 5.74) is 5.74. The highest BCUT2D eigenvalue weighted by Gasteiger charge is 2.28. The smallest absolute Gasteiger partial charge is 0.211 e. The normalized spacial score (nSPS) is 29.7. The van der Waals surface area contributed by atoms with Crippen LogP contribution in [-0.4, -0.2) is 27.3 Å². The van der Waals surface area contributed by atoms with Crippen LogP contribution in [0.15, 0.2) is 0 Å². The first-order valence-corrected chi connectivity index (χ1v) is 9.43. The maximum Gasteiger partial charge on any atom is 0.211 e. The molecule has 19 heavy (non-hydrogen) atoms. The monoisotopic (exact) mass is 288 g/mol. The predicted molar refractivity (Wildman–Crippen MR) is 78.2 cm³/mol. The molecule has 2 atom stereocenters. The van der Waals surface area contributed by atoms with Crippen molar-refractivity contribution in [3.05, 3.63) is 0 Å². The molecule has 3 N–H and O–H groups in total. The molecular formula is C14H28N2O2S. The van der Waals surface area contributed by atoms with Gasteiger partial charge in [0.2, 0.25) is 10.0 Å². The Morgan fingerprint density at radius 3 is 2.32 bits per heavy atom. The molecule has 2 unspecified atom stereocenters. The fraction of sp³-hybridized carbons (Fsp3) is 1.00. The van der Waals surface area contributed by atoms with Crippen LogP contribution in [0.3, 0.4) is 0 Å². The lowest BCUT2D eigenvalue weighted by atomic mass is 9.91. The first kappa shape index (κ1) is 15.3. The second-order valence-corrected chi connectivity index (χ2v) is 8.17. The molecule has 2 saturated carbocycles. The van der Waals surface area contributed by atoms with E-state index in [9.17, 15) is 8.42 Å². The van der Waals surface area contributed by atoms with Gasteiger partial charge < -0.3 is 5.73 Å². The lowest BCUT2D eigenvalue weighted by molar-refractivity contribution is 0.377. The summed E-state index contributed by atoms with van der Waals surface area (Å²) in [7, 11) is -3.09. The topological polar surface area (TPSA) is 72.2 Å². The van der Waals surface area contributed by atoms with Crippen molar-refractivity contribution < 1.29 is 8.42 Å². The Labute approximate surface area is 117 Å². The lowest BCUT2D eigenvalue weighted by Gasteiger charge is -2.23. The zero-order valence-electron chi connectivity index (χ0n) is 11.8. The summed E-state index contributed by atoms with van der Waals surface area (Å²) in [5, 5.41) is 0. The molecule has 4 nitrogen and oxygen atoms in total. The fourth-order valence-electron chi connectivity index (χ4n) is 3.65. The highest BCUT2D eigenvalue weighted by Crippen LogP contribution is 2.30. The molecule has 0 amide bonds. The Morgan fingerprint density at radius 2 is 1.63 bits per heavy atom. The highest BCUT2D eigenvalue weighted by atomic mass is 32.2. The molecule has 2 aliphatic rings. The van der Waals surface area contributed by atoms with E-state index >= 15 is 0 Å². The van der Waals surface area contributed by atoms with E-state index in [4.69, 9.17) is 5.73 Å². The van der Waals surface area contributed by atoms with Gasteiger partial charge >= 0.3 is 0 Å². The molecule has 2 aliphatic carbocycles. The van der Waals surface area contributed by atoms with Crippen molar-refractivity contribution in [3.63, 3.8) is 0 Å². The van der Waals surface area contributed by atoms with Gasteiger partial charge in [-0.1, -0.05) is 25.7 Å². The van der Waals surface area contributed by atoms with Crippen molar-refractivity contribution in [1.82, 2.24) is 4.72 Å². The van der Waals surface area contributed by atoms with Crippen molar-refractivity contribution >= 4 is 10.0 Å². The van der Waals surface area contributed by atoms with Gasteiger partial charge in [-0.3, -0.25) is 0 Å². The summed E-state index contributed by atoms with van der Waals surface area (Å²) in [6.45, 7) is 1.28. The molecule has 0 aromatic carbocycles.